The minimum absolute atomic E-state index is 0.0854. The molecule has 4 fully saturated rings. The first kappa shape index (κ1) is 30.1. The third-order valence-corrected chi connectivity index (χ3v) is 14.9. The molecule has 0 saturated heterocycles. The number of fused-ring (bicyclic) bond motifs is 3. The molecule has 0 radical (unpaired) electrons. The summed E-state index contributed by atoms with van der Waals surface area (Å²) in [6.07, 6.45) is 8.08. The van der Waals surface area contributed by atoms with Crippen molar-refractivity contribution in [3.63, 3.8) is 0 Å². The first-order valence-electron chi connectivity index (χ1n) is 18.8. The summed E-state index contributed by atoms with van der Waals surface area (Å²) in [7, 11) is 0. The molecule has 0 aromatic heterocycles. The fourth-order valence-corrected chi connectivity index (χ4v) is 12.8. The number of nitrogens with zero attached hydrogens (tertiary/aromatic N) is 1. The summed E-state index contributed by atoms with van der Waals surface area (Å²) in [6.45, 7) is 9.69. The Labute approximate surface area is 297 Å². The Hall–Kier alpha value is -3.75. The van der Waals surface area contributed by atoms with E-state index in [9.17, 15) is 0 Å². The van der Waals surface area contributed by atoms with Crippen LogP contribution in [0.3, 0.4) is 0 Å². The molecule has 6 aliphatic rings. The van der Waals surface area contributed by atoms with E-state index in [0.29, 0.717) is 0 Å². The Kier molecular flexibility index (Phi) is 6.53. The van der Waals surface area contributed by atoms with Crippen molar-refractivity contribution in [2.24, 2.45) is 23.7 Å². The van der Waals surface area contributed by atoms with Gasteiger partial charge in [0.15, 0.2) is 0 Å². The van der Waals surface area contributed by atoms with E-state index in [4.69, 9.17) is 0 Å². The molecule has 1 heterocycles. The van der Waals surface area contributed by atoms with E-state index in [-0.39, 0.29) is 16.2 Å². The summed E-state index contributed by atoms with van der Waals surface area (Å²) in [5.74, 6) is 3.24. The lowest BCUT2D eigenvalue weighted by Gasteiger charge is -2.50. The number of hydrogen-bond donors (Lipinski definition) is 0. The van der Waals surface area contributed by atoms with Gasteiger partial charge in [-0.05, 0) is 143 Å². The second kappa shape index (κ2) is 10.6. The smallest absolute Gasteiger partial charge is 0.0514 e. The van der Waals surface area contributed by atoms with Crippen LogP contribution in [0, 0.1) is 23.7 Å². The molecular formula is C47H47NS. The highest BCUT2D eigenvalue weighted by Gasteiger charge is 2.66. The van der Waals surface area contributed by atoms with Crippen LogP contribution >= 0.6 is 11.8 Å². The quantitative estimate of drug-likeness (QED) is 0.189. The average Bonchev–Trinajstić information content (AvgIpc) is 3.53. The van der Waals surface area contributed by atoms with Crippen molar-refractivity contribution in [2.75, 3.05) is 4.90 Å². The number of hydrogen-bond acceptors (Lipinski definition) is 2. The van der Waals surface area contributed by atoms with Gasteiger partial charge in [-0.25, -0.2) is 0 Å². The van der Waals surface area contributed by atoms with Crippen molar-refractivity contribution in [1.82, 2.24) is 0 Å². The molecule has 246 valence electrons. The minimum atomic E-state index is 0.0854. The van der Waals surface area contributed by atoms with Crippen LogP contribution in [-0.4, -0.2) is 0 Å². The summed E-state index contributed by atoms with van der Waals surface area (Å²) in [5, 5.41) is 0. The number of anilines is 3. The molecule has 5 atom stereocenters. The first-order valence-corrected chi connectivity index (χ1v) is 19.6. The van der Waals surface area contributed by atoms with Crippen LogP contribution in [-0.2, 0) is 16.2 Å². The zero-order chi connectivity index (χ0) is 33.1. The van der Waals surface area contributed by atoms with Crippen LogP contribution in [0.15, 0.2) is 125 Å². The van der Waals surface area contributed by atoms with Gasteiger partial charge in [0.2, 0.25) is 0 Å². The third-order valence-electron chi connectivity index (χ3n) is 13.8. The van der Waals surface area contributed by atoms with Crippen LogP contribution in [0.5, 0.6) is 0 Å². The normalized spacial score (nSPS) is 27.8. The molecule has 1 aliphatic heterocycles. The maximum absolute atomic E-state index is 2.58. The van der Waals surface area contributed by atoms with Crippen LogP contribution in [0.4, 0.5) is 17.1 Å². The second-order valence-corrected chi connectivity index (χ2v) is 18.3. The molecule has 1 spiro atoms. The number of para-hydroxylation sites is 1. The van der Waals surface area contributed by atoms with Gasteiger partial charge in [-0.2, -0.15) is 0 Å². The molecule has 1 nitrogen and oxygen atoms in total. The van der Waals surface area contributed by atoms with E-state index in [1.165, 1.54) is 87.6 Å². The lowest BCUT2D eigenvalue weighted by molar-refractivity contribution is 0.181. The lowest BCUT2D eigenvalue weighted by atomic mass is 9.57. The van der Waals surface area contributed by atoms with Gasteiger partial charge in [0, 0.05) is 32.1 Å². The fraction of sp³-hybridized carbons (Fsp3) is 0.362. The Balaban J connectivity index is 1.13. The maximum Gasteiger partial charge on any atom is 0.0514 e. The van der Waals surface area contributed by atoms with E-state index in [0.717, 1.165) is 23.7 Å². The number of rotatable bonds is 4. The van der Waals surface area contributed by atoms with Crippen molar-refractivity contribution in [1.29, 1.82) is 0 Å². The van der Waals surface area contributed by atoms with Gasteiger partial charge >= 0.3 is 0 Å². The van der Waals surface area contributed by atoms with Gasteiger partial charge in [-0.3, -0.25) is 0 Å². The van der Waals surface area contributed by atoms with Crippen molar-refractivity contribution in [3.05, 3.63) is 138 Å². The largest absolute Gasteiger partial charge is 0.310 e. The van der Waals surface area contributed by atoms with E-state index < -0.39 is 0 Å². The molecule has 5 aliphatic carbocycles. The predicted octanol–water partition coefficient (Wildman–Crippen LogP) is 13.0. The van der Waals surface area contributed by atoms with Gasteiger partial charge in [-0.15, -0.1) is 0 Å². The first-order chi connectivity index (χ1) is 23.7. The standard InChI is InChI=1S/C47H47NS/c1-45(2)23-24-46(3,4)40-29-32(19-22-37(40)45)31-17-20-36(21-18-31)48(35-11-6-5-7-12-35)41-14-10-16-43-44(41)47(38-13-8-9-15-42(38)49-43)34-26-30-25-33(28-34)39(47)27-30/h5-22,29-30,33-34,39H,23-28H2,1-4H3. The van der Waals surface area contributed by atoms with Gasteiger partial charge in [0.25, 0.3) is 0 Å². The Bertz CT molecular complexity index is 2090. The molecule has 0 amide bonds. The van der Waals surface area contributed by atoms with Crippen LogP contribution in [0.1, 0.15) is 88.5 Å². The van der Waals surface area contributed by atoms with Gasteiger partial charge in [-0.1, -0.05) is 112 Å². The van der Waals surface area contributed by atoms with Crippen molar-refractivity contribution in [2.45, 2.75) is 92.3 Å². The molecule has 5 aromatic carbocycles. The third kappa shape index (κ3) is 4.32. The van der Waals surface area contributed by atoms with E-state index >= 15 is 0 Å². The second-order valence-electron chi connectivity index (χ2n) is 17.2. The summed E-state index contributed by atoms with van der Waals surface area (Å²) < 4.78 is 0. The van der Waals surface area contributed by atoms with E-state index in [1.54, 1.807) is 11.1 Å². The summed E-state index contributed by atoms with van der Waals surface area (Å²) in [6, 6.07) is 44.5. The van der Waals surface area contributed by atoms with Crippen molar-refractivity contribution >= 4 is 28.8 Å². The zero-order valence-corrected chi connectivity index (χ0v) is 30.2. The van der Waals surface area contributed by atoms with Crippen molar-refractivity contribution in [3.8, 4) is 11.1 Å². The minimum Gasteiger partial charge on any atom is -0.310 e. The highest BCUT2D eigenvalue weighted by Crippen LogP contribution is 2.73. The molecule has 49 heavy (non-hydrogen) atoms. The van der Waals surface area contributed by atoms with E-state index in [1.807, 2.05) is 11.8 Å². The molecule has 4 bridgehead atoms. The zero-order valence-electron chi connectivity index (χ0n) is 29.4. The summed E-state index contributed by atoms with van der Waals surface area (Å²) in [4.78, 5) is 5.52. The van der Waals surface area contributed by atoms with Crippen LogP contribution < -0.4 is 4.90 Å². The molecule has 5 unspecified atom stereocenters. The SMILES string of the molecule is CC1(C)CCC(C)(C)c2cc(-c3ccc(N(c4ccccc4)c4cccc5c4C4(c6ccccc6S5)C5CC6CC(C5)C4C6)cc3)ccc21. The molecule has 4 saturated carbocycles. The van der Waals surface area contributed by atoms with Gasteiger partial charge in [0.1, 0.15) is 0 Å². The molecule has 5 aromatic rings. The topological polar surface area (TPSA) is 3.24 Å². The lowest BCUT2D eigenvalue weighted by Crippen LogP contribution is -2.44. The Morgan fingerprint density at radius 2 is 1.27 bits per heavy atom. The van der Waals surface area contributed by atoms with Crippen molar-refractivity contribution < 1.29 is 0 Å². The predicted molar refractivity (Wildman–Crippen MR) is 206 cm³/mol. The highest BCUT2D eigenvalue weighted by atomic mass is 32.2. The summed E-state index contributed by atoms with van der Waals surface area (Å²) >= 11 is 2.00. The van der Waals surface area contributed by atoms with Gasteiger partial charge < -0.3 is 4.90 Å². The number of benzene rings is 5. The highest BCUT2D eigenvalue weighted by molar-refractivity contribution is 7.99. The summed E-state index contributed by atoms with van der Waals surface area (Å²) in [5.41, 5.74) is 13.2. The Morgan fingerprint density at radius 3 is 2.06 bits per heavy atom. The maximum atomic E-state index is 2.58. The monoisotopic (exact) mass is 657 g/mol. The van der Waals surface area contributed by atoms with Crippen LogP contribution in [0.25, 0.3) is 11.1 Å². The molecule has 11 rings (SSSR count). The average molecular weight is 658 g/mol. The van der Waals surface area contributed by atoms with Crippen LogP contribution in [0.2, 0.25) is 0 Å². The molecule has 0 N–H and O–H groups in total. The molecular weight excluding hydrogens is 611 g/mol. The van der Waals surface area contributed by atoms with Gasteiger partial charge in [0.05, 0.1) is 5.69 Å². The molecule has 2 heteroatoms. The Morgan fingerprint density at radius 1 is 0.571 bits per heavy atom. The fourth-order valence-electron chi connectivity index (χ4n) is 11.5. The van der Waals surface area contributed by atoms with E-state index in [2.05, 4.69) is 148 Å².